The molecule has 0 saturated carbocycles. The Balaban J connectivity index is 1.74. The van der Waals surface area contributed by atoms with Crippen LogP contribution in [0.2, 0.25) is 0 Å². The van der Waals surface area contributed by atoms with Crippen LogP contribution in [0.5, 0.6) is 0 Å². The number of rotatable bonds is 5. The van der Waals surface area contributed by atoms with Gasteiger partial charge < -0.3 is 10.2 Å². The molecule has 2 aromatic carbocycles. The van der Waals surface area contributed by atoms with Crippen molar-refractivity contribution in [2.45, 2.75) is 49.6 Å². The van der Waals surface area contributed by atoms with Crippen LogP contribution in [0.15, 0.2) is 60.7 Å². The standard InChI is InChI=1S/C24H30N2O/c1-26(2)21-13-14-22(26)16-18(15-21)17-24(23(25)27,19-9-5-3-6-10-19)20-11-7-4-8-12-20/h3-12,18,21-22H,13-17H2,1-2H3,(H-,25,27)/p+1/t21-,22-/m0/s1. The van der Waals surface area contributed by atoms with E-state index in [0.717, 1.165) is 22.0 Å². The van der Waals surface area contributed by atoms with E-state index in [0.29, 0.717) is 18.0 Å². The summed E-state index contributed by atoms with van der Waals surface area (Å²) in [4.78, 5) is 13.0. The van der Waals surface area contributed by atoms with Crippen LogP contribution in [-0.2, 0) is 10.2 Å². The second kappa shape index (κ2) is 6.79. The molecule has 2 fully saturated rings. The third-order valence-corrected chi connectivity index (χ3v) is 7.47. The molecule has 2 heterocycles. The Kier molecular flexibility index (Phi) is 4.59. The molecule has 0 radical (unpaired) electrons. The second-order valence-corrected chi connectivity index (χ2v) is 9.06. The van der Waals surface area contributed by atoms with Crippen LogP contribution >= 0.6 is 0 Å². The van der Waals surface area contributed by atoms with Gasteiger partial charge in [-0.05, 0) is 23.5 Å². The number of primary amides is 1. The Morgan fingerprint density at radius 2 is 1.37 bits per heavy atom. The Morgan fingerprint density at radius 1 is 0.926 bits per heavy atom. The Bertz CT molecular complexity index is 744. The van der Waals surface area contributed by atoms with Crippen molar-refractivity contribution in [3.8, 4) is 0 Å². The van der Waals surface area contributed by atoms with Crippen molar-refractivity contribution in [1.82, 2.24) is 0 Å². The van der Waals surface area contributed by atoms with E-state index in [4.69, 9.17) is 5.73 Å². The molecule has 2 aliphatic heterocycles. The summed E-state index contributed by atoms with van der Waals surface area (Å²) in [6, 6.07) is 21.7. The largest absolute Gasteiger partial charge is 0.369 e. The minimum absolute atomic E-state index is 0.230. The number of hydrogen-bond donors (Lipinski definition) is 1. The average Bonchev–Trinajstić information content (AvgIpc) is 2.85. The number of piperidine rings is 1. The zero-order chi connectivity index (χ0) is 19.1. The first-order chi connectivity index (χ1) is 12.9. The number of benzene rings is 2. The second-order valence-electron chi connectivity index (χ2n) is 9.06. The first kappa shape index (κ1) is 18.2. The molecule has 3 heteroatoms. The summed E-state index contributed by atoms with van der Waals surface area (Å²) in [5, 5.41) is 0. The van der Waals surface area contributed by atoms with Crippen molar-refractivity contribution in [3.05, 3.63) is 71.8 Å². The lowest BCUT2D eigenvalue weighted by atomic mass is 9.66. The Morgan fingerprint density at radius 3 is 1.78 bits per heavy atom. The summed E-state index contributed by atoms with van der Waals surface area (Å²) < 4.78 is 1.15. The maximum atomic E-state index is 13.0. The Hall–Kier alpha value is -2.13. The van der Waals surface area contributed by atoms with Gasteiger partial charge in [0.05, 0.1) is 31.6 Å². The van der Waals surface area contributed by atoms with E-state index < -0.39 is 5.41 Å². The van der Waals surface area contributed by atoms with Crippen molar-refractivity contribution < 1.29 is 9.28 Å². The van der Waals surface area contributed by atoms with Crippen LogP contribution in [0.25, 0.3) is 0 Å². The molecule has 27 heavy (non-hydrogen) atoms. The van der Waals surface area contributed by atoms with E-state index in [-0.39, 0.29) is 5.91 Å². The van der Waals surface area contributed by atoms with Gasteiger partial charge in [-0.25, -0.2) is 0 Å². The van der Waals surface area contributed by atoms with Gasteiger partial charge in [0.2, 0.25) is 5.91 Å². The summed E-state index contributed by atoms with van der Waals surface area (Å²) in [5.41, 5.74) is 7.45. The number of carbonyl (C=O) groups excluding carboxylic acids is 1. The first-order valence-corrected chi connectivity index (χ1v) is 10.2. The van der Waals surface area contributed by atoms with E-state index in [9.17, 15) is 4.79 Å². The summed E-state index contributed by atoms with van der Waals surface area (Å²) in [6.45, 7) is 0. The van der Waals surface area contributed by atoms with Gasteiger partial charge in [-0.2, -0.15) is 0 Å². The lowest BCUT2D eigenvalue weighted by molar-refractivity contribution is -0.931. The maximum Gasteiger partial charge on any atom is 0.232 e. The van der Waals surface area contributed by atoms with Gasteiger partial charge in [0.15, 0.2) is 0 Å². The van der Waals surface area contributed by atoms with Gasteiger partial charge in [0.25, 0.3) is 0 Å². The maximum absolute atomic E-state index is 13.0. The number of nitrogens with zero attached hydrogens (tertiary/aromatic N) is 1. The van der Waals surface area contributed by atoms with Crippen molar-refractivity contribution in [2.24, 2.45) is 11.7 Å². The van der Waals surface area contributed by atoms with Crippen molar-refractivity contribution >= 4 is 5.91 Å². The van der Waals surface area contributed by atoms with Crippen LogP contribution in [0.3, 0.4) is 0 Å². The number of quaternary nitrogens is 1. The molecule has 2 aliphatic rings. The molecule has 2 N–H and O–H groups in total. The first-order valence-electron chi connectivity index (χ1n) is 10.2. The van der Waals surface area contributed by atoms with Crippen molar-refractivity contribution in [2.75, 3.05) is 14.1 Å². The molecule has 0 spiro atoms. The zero-order valence-electron chi connectivity index (χ0n) is 16.5. The molecular weight excluding hydrogens is 332 g/mol. The molecule has 2 bridgehead atoms. The van der Waals surface area contributed by atoms with E-state index in [1.165, 1.54) is 25.7 Å². The quantitative estimate of drug-likeness (QED) is 0.805. The minimum atomic E-state index is -0.749. The predicted octanol–water partition coefficient (Wildman–Crippen LogP) is 3.87. The molecular formula is C24H31N2O+. The normalized spacial score (nSPS) is 26.7. The molecule has 2 aromatic rings. The fourth-order valence-electron chi connectivity index (χ4n) is 5.83. The number of fused-ring (bicyclic) bond motifs is 2. The van der Waals surface area contributed by atoms with E-state index in [1.54, 1.807) is 0 Å². The third kappa shape index (κ3) is 2.98. The summed E-state index contributed by atoms with van der Waals surface area (Å²) in [5.74, 6) is 0.299. The fraction of sp³-hybridized carbons (Fsp3) is 0.458. The highest BCUT2D eigenvalue weighted by Crippen LogP contribution is 2.47. The van der Waals surface area contributed by atoms with E-state index in [2.05, 4.69) is 38.4 Å². The lowest BCUT2D eigenvalue weighted by Gasteiger charge is -2.46. The average molecular weight is 364 g/mol. The highest BCUT2D eigenvalue weighted by Gasteiger charge is 2.51. The van der Waals surface area contributed by atoms with Gasteiger partial charge >= 0.3 is 0 Å². The van der Waals surface area contributed by atoms with Gasteiger partial charge in [-0.3, -0.25) is 4.79 Å². The summed E-state index contributed by atoms with van der Waals surface area (Å²) >= 11 is 0. The predicted molar refractivity (Wildman–Crippen MR) is 109 cm³/mol. The van der Waals surface area contributed by atoms with Gasteiger partial charge in [-0.1, -0.05) is 60.7 Å². The SMILES string of the molecule is C[N+]1(C)[C@H]2CC[C@H]1CC(CC(C(N)=O)(c1ccccc1)c1ccccc1)C2. The highest BCUT2D eigenvalue weighted by molar-refractivity contribution is 5.90. The van der Waals surface area contributed by atoms with Crippen LogP contribution in [0, 0.1) is 5.92 Å². The highest BCUT2D eigenvalue weighted by atomic mass is 16.1. The number of carbonyl (C=O) groups is 1. The molecule has 2 saturated heterocycles. The fourth-order valence-corrected chi connectivity index (χ4v) is 5.83. The Labute approximate surface area is 162 Å². The molecule has 2 atom stereocenters. The topological polar surface area (TPSA) is 43.1 Å². The van der Waals surface area contributed by atoms with Crippen LogP contribution < -0.4 is 5.73 Å². The van der Waals surface area contributed by atoms with Crippen LogP contribution in [0.1, 0.15) is 43.2 Å². The van der Waals surface area contributed by atoms with Gasteiger partial charge in [0, 0.05) is 25.7 Å². The summed E-state index contributed by atoms with van der Waals surface area (Å²) in [6.07, 6.45) is 5.82. The number of amides is 1. The molecule has 1 amide bonds. The molecule has 0 aliphatic carbocycles. The van der Waals surface area contributed by atoms with Crippen molar-refractivity contribution in [1.29, 1.82) is 0 Å². The zero-order valence-corrected chi connectivity index (χ0v) is 16.5. The summed E-state index contributed by atoms with van der Waals surface area (Å²) in [7, 11) is 4.77. The molecule has 142 valence electrons. The molecule has 0 aromatic heterocycles. The van der Waals surface area contributed by atoms with Crippen LogP contribution in [-0.4, -0.2) is 36.6 Å². The third-order valence-electron chi connectivity index (χ3n) is 7.47. The minimum Gasteiger partial charge on any atom is -0.369 e. The molecule has 4 rings (SSSR count). The monoisotopic (exact) mass is 363 g/mol. The van der Waals surface area contributed by atoms with Gasteiger partial charge in [-0.15, -0.1) is 0 Å². The molecule has 0 unspecified atom stereocenters. The van der Waals surface area contributed by atoms with E-state index >= 15 is 0 Å². The lowest BCUT2D eigenvalue weighted by Crippen LogP contribution is -2.55. The van der Waals surface area contributed by atoms with E-state index in [1.807, 2.05) is 36.4 Å². The van der Waals surface area contributed by atoms with Gasteiger partial charge in [0.1, 0.15) is 0 Å². The van der Waals surface area contributed by atoms with Crippen molar-refractivity contribution in [3.63, 3.8) is 0 Å². The number of hydrogen-bond acceptors (Lipinski definition) is 1. The van der Waals surface area contributed by atoms with Crippen LogP contribution in [0.4, 0.5) is 0 Å². The smallest absolute Gasteiger partial charge is 0.232 e. The molecule has 3 nitrogen and oxygen atoms in total. The number of nitrogens with two attached hydrogens (primary N) is 1.